The van der Waals surface area contributed by atoms with Crippen molar-refractivity contribution in [1.29, 1.82) is 0 Å². The standard InChI is InChI=1S/C22H19F4N3O2S/c23-9-8-15-12-16(22(24,25)26)3-6-18(15)20-5-2-14-13-17(4-7-19(14)20)32(30,31)29-21-27-10-1-11-28-21/h1,3-4,6-7,10-13,20H,2,5,8-9H2,(H,27,28,29)/t20-/m1/s1. The number of sulfonamides is 1. The number of anilines is 1. The van der Waals surface area contributed by atoms with E-state index in [4.69, 9.17) is 0 Å². The van der Waals surface area contributed by atoms with E-state index in [0.29, 0.717) is 24.0 Å². The van der Waals surface area contributed by atoms with Gasteiger partial charge in [0.15, 0.2) is 0 Å². The van der Waals surface area contributed by atoms with E-state index in [1.165, 1.54) is 24.5 Å². The summed E-state index contributed by atoms with van der Waals surface area (Å²) in [6.07, 6.45) is -0.636. The topological polar surface area (TPSA) is 72.0 Å². The van der Waals surface area contributed by atoms with Crippen LogP contribution >= 0.6 is 0 Å². The van der Waals surface area contributed by atoms with Crippen LogP contribution in [0.4, 0.5) is 23.5 Å². The maximum Gasteiger partial charge on any atom is 0.416 e. The minimum atomic E-state index is -4.50. The second kappa shape index (κ2) is 8.50. The molecule has 5 nitrogen and oxygen atoms in total. The Morgan fingerprint density at radius 3 is 2.44 bits per heavy atom. The van der Waals surface area contributed by atoms with Crippen molar-refractivity contribution in [3.63, 3.8) is 0 Å². The molecule has 1 heterocycles. The number of rotatable bonds is 6. The van der Waals surface area contributed by atoms with E-state index in [1.807, 2.05) is 0 Å². The Kier molecular flexibility index (Phi) is 5.89. The highest BCUT2D eigenvalue weighted by Gasteiger charge is 2.33. The summed E-state index contributed by atoms with van der Waals surface area (Å²) in [5, 5.41) is 0. The van der Waals surface area contributed by atoms with Crippen LogP contribution in [-0.4, -0.2) is 25.1 Å². The number of nitrogens with one attached hydrogen (secondary N) is 1. The molecule has 168 valence electrons. The molecule has 0 bridgehead atoms. The van der Waals surface area contributed by atoms with Crippen molar-refractivity contribution in [3.05, 3.63) is 82.7 Å². The molecule has 1 aliphatic rings. The third-order valence-corrected chi connectivity index (χ3v) is 6.83. The number of fused-ring (bicyclic) bond motifs is 1. The summed E-state index contributed by atoms with van der Waals surface area (Å²) in [5.74, 6) is -0.275. The first-order chi connectivity index (χ1) is 15.2. The molecular formula is C22H19F4N3O2S. The third-order valence-electron chi connectivity index (χ3n) is 5.50. The molecule has 1 N–H and O–H groups in total. The van der Waals surface area contributed by atoms with Gasteiger partial charge in [0.1, 0.15) is 0 Å². The molecule has 0 radical (unpaired) electrons. The van der Waals surface area contributed by atoms with Crippen molar-refractivity contribution in [3.8, 4) is 0 Å². The maximum absolute atomic E-state index is 13.1. The van der Waals surface area contributed by atoms with E-state index in [-0.39, 0.29) is 23.2 Å². The van der Waals surface area contributed by atoms with Gasteiger partial charge in [-0.05, 0) is 65.4 Å². The molecule has 0 amide bonds. The average molecular weight is 465 g/mol. The van der Waals surface area contributed by atoms with Crippen molar-refractivity contribution in [1.82, 2.24) is 9.97 Å². The van der Waals surface area contributed by atoms with Gasteiger partial charge < -0.3 is 0 Å². The van der Waals surface area contributed by atoms with Crippen molar-refractivity contribution >= 4 is 16.0 Å². The average Bonchev–Trinajstić information content (AvgIpc) is 3.17. The van der Waals surface area contributed by atoms with Gasteiger partial charge in [0.25, 0.3) is 10.0 Å². The van der Waals surface area contributed by atoms with Crippen molar-refractivity contribution in [2.75, 3.05) is 11.4 Å². The molecule has 10 heteroatoms. The molecule has 3 aromatic rings. The summed E-state index contributed by atoms with van der Waals surface area (Å²) in [6.45, 7) is -0.766. The predicted octanol–water partition coefficient (Wildman–Crippen LogP) is 4.89. The molecule has 1 aliphatic carbocycles. The van der Waals surface area contributed by atoms with Crippen LogP contribution < -0.4 is 4.72 Å². The molecule has 1 aromatic heterocycles. The third kappa shape index (κ3) is 4.45. The fraction of sp³-hybridized carbons (Fsp3) is 0.273. The molecule has 0 aliphatic heterocycles. The van der Waals surface area contributed by atoms with Crippen LogP contribution in [0.1, 0.15) is 40.2 Å². The second-order valence-corrected chi connectivity index (χ2v) is 9.16. The lowest BCUT2D eigenvalue weighted by atomic mass is 9.87. The smallest absolute Gasteiger partial charge is 0.251 e. The molecule has 0 fully saturated rings. The van der Waals surface area contributed by atoms with Gasteiger partial charge in [-0.2, -0.15) is 13.2 Å². The zero-order valence-electron chi connectivity index (χ0n) is 16.7. The number of aryl methyl sites for hydroxylation is 2. The molecule has 2 aromatic carbocycles. The molecule has 0 unspecified atom stereocenters. The van der Waals surface area contributed by atoms with Crippen LogP contribution in [0, 0.1) is 0 Å². The lowest BCUT2D eigenvalue weighted by Crippen LogP contribution is -2.15. The van der Waals surface area contributed by atoms with E-state index in [0.717, 1.165) is 23.3 Å². The summed E-state index contributed by atoms with van der Waals surface area (Å²) in [7, 11) is -3.91. The highest BCUT2D eigenvalue weighted by molar-refractivity contribution is 7.92. The van der Waals surface area contributed by atoms with E-state index in [1.54, 1.807) is 18.2 Å². The molecule has 4 rings (SSSR count). The van der Waals surface area contributed by atoms with Crippen LogP contribution in [0.2, 0.25) is 0 Å². The van der Waals surface area contributed by atoms with Gasteiger partial charge in [-0.15, -0.1) is 0 Å². The van der Waals surface area contributed by atoms with Gasteiger partial charge in [-0.25, -0.2) is 23.1 Å². The predicted molar refractivity (Wildman–Crippen MR) is 111 cm³/mol. The Morgan fingerprint density at radius 1 is 1.03 bits per heavy atom. The Morgan fingerprint density at radius 2 is 1.75 bits per heavy atom. The molecule has 32 heavy (non-hydrogen) atoms. The Balaban J connectivity index is 1.66. The summed E-state index contributed by atoms with van der Waals surface area (Å²) in [5.41, 5.74) is 1.77. The van der Waals surface area contributed by atoms with E-state index >= 15 is 0 Å². The number of hydrogen-bond acceptors (Lipinski definition) is 4. The monoisotopic (exact) mass is 465 g/mol. The minimum Gasteiger partial charge on any atom is -0.251 e. The van der Waals surface area contributed by atoms with Gasteiger partial charge in [-0.1, -0.05) is 12.1 Å². The maximum atomic E-state index is 13.1. The number of nitrogens with zero attached hydrogens (tertiary/aromatic N) is 2. The van der Waals surface area contributed by atoms with Gasteiger partial charge in [0.2, 0.25) is 5.95 Å². The van der Waals surface area contributed by atoms with Crippen LogP contribution in [0.3, 0.4) is 0 Å². The summed E-state index contributed by atoms with van der Waals surface area (Å²) < 4.78 is 80.1. The van der Waals surface area contributed by atoms with Crippen LogP contribution in [0.5, 0.6) is 0 Å². The first kappa shape index (κ1) is 22.2. The van der Waals surface area contributed by atoms with Gasteiger partial charge in [0, 0.05) is 24.7 Å². The van der Waals surface area contributed by atoms with Gasteiger partial charge in [-0.3, -0.25) is 4.39 Å². The van der Waals surface area contributed by atoms with Gasteiger partial charge in [0.05, 0.1) is 17.1 Å². The van der Waals surface area contributed by atoms with Crippen LogP contribution in [-0.2, 0) is 29.0 Å². The zero-order chi connectivity index (χ0) is 22.9. The second-order valence-electron chi connectivity index (χ2n) is 7.48. The first-order valence-electron chi connectivity index (χ1n) is 9.87. The van der Waals surface area contributed by atoms with E-state index in [2.05, 4.69) is 14.7 Å². The number of hydrogen-bond donors (Lipinski definition) is 1. The quantitative estimate of drug-likeness (QED) is 0.527. The number of alkyl halides is 4. The summed E-state index contributed by atoms with van der Waals surface area (Å²) in [4.78, 5) is 7.75. The molecular weight excluding hydrogens is 446 g/mol. The number of aromatic nitrogens is 2. The number of benzene rings is 2. The Hall–Kier alpha value is -3.01. The fourth-order valence-electron chi connectivity index (χ4n) is 4.06. The molecule has 0 spiro atoms. The molecule has 0 saturated heterocycles. The van der Waals surface area contributed by atoms with Crippen molar-refractivity contribution in [2.45, 2.75) is 36.3 Å². The first-order valence-corrected chi connectivity index (χ1v) is 11.4. The SMILES string of the molecule is O=S(=O)(Nc1ncccn1)c1ccc2c(c1)CC[C@@H]2c1ccc(C(F)(F)F)cc1CCF. The normalized spacial score (nSPS) is 16.1. The highest BCUT2D eigenvalue weighted by Crippen LogP contribution is 2.42. The summed E-state index contributed by atoms with van der Waals surface area (Å²) in [6, 6.07) is 9.66. The fourth-order valence-corrected chi connectivity index (χ4v) is 5.06. The van der Waals surface area contributed by atoms with E-state index < -0.39 is 28.4 Å². The highest BCUT2D eigenvalue weighted by atomic mass is 32.2. The Bertz CT molecular complexity index is 1230. The zero-order valence-corrected chi connectivity index (χ0v) is 17.5. The van der Waals surface area contributed by atoms with E-state index in [9.17, 15) is 26.0 Å². The minimum absolute atomic E-state index is 0.0424. The molecule has 1 atom stereocenters. The lowest BCUT2D eigenvalue weighted by Gasteiger charge is -2.19. The van der Waals surface area contributed by atoms with Crippen LogP contribution in [0.15, 0.2) is 59.8 Å². The van der Waals surface area contributed by atoms with Gasteiger partial charge >= 0.3 is 6.18 Å². The Labute approximate surface area is 182 Å². The molecule has 0 saturated carbocycles. The lowest BCUT2D eigenvalue weighted by molar-refractivity contribution is -0.137. The summed E-state index contributed by atoms with van der Waals surface area (Å²) >= 11 is 0. The van der Waals surface area contributed by atoms with Crippen LogP contribution in [0.25, 0.3) is 0 Å². The number of halogens is 4. The van der Waals surface area contributed by atoms with Crippen molar-refractivity contribution < 1.29 is 26.0 Å². The van der Waals surface area contributed by atoms with Crippen molar-refractivity contribution in [2.24, 2.45) is 0 Å². The largest absolute Gasteiger partial charge is 0.416 e.